The van der Waals surface area contributed by atoms with E-state index in [4.69, 9.17) is 14.4 Å². The molecule has 0 aliphatic carbocycles. The second kappa shape index (κ2) is 8.29. The van der Waals surface area contributed by atoms with Gasteiger partial charge in [0.15, 0.2) is 0 Å². The van der Waals surface area contributed by atoms with E-state index in [1.807, 2.05) is 0 Å². The minimum Gasteiger partial charge on any atom is -0.462 e. The fourth-order valence-electron chi connectivity index (χ4n) is 2.84. The molecule has 2 amide bonds. The maximum atomic E-state index is 12.3. The number of hydrogen-bond donors (Lipinski definition) is 1. The first-order valence-corrected chi connectivity index (χ1v) is 9.40. The van der Waals surface area contributed by atoms with Gasteiger partial charge in [0.25, 0.3) is 11.8 Å². The molecule has 0 saturated carbocycles. The number of carbonyl (C=O) groups is 3. The van der Waals surface area contributed by atoms with Crippen LogP contribution in [0.3, 0.4) is 0 Å². The maximum Gasteiger partial charge on any atom is 0.338 e. The number of nitriles is 1. The molecule has 7 nitrogen and oxygen atoms in total. The van der Waals surface area contributed by atoms with Crippen LogP contribution in [0, 0.1) is 11.3 Å². The van der Waals surface area contributed by atoms with E-state index in [0.717, 1.165) is 0 Å². The van der Waals surface area contributed by atoms with Gasteiger partial charge in [0.05, 0.1) is 12.2 Å². The first-order chi connectivity index (χ1) is 13.8. The molecule has 0 radical (unpaired) electrons. The zero-order valence-corrected chi connectivity index (χ0v) is 17.1. The van der Waals surface area contributed by atoms with Crippen molar-refractivity contribution in [1.29, 1.82) is 5.26 Å². The number of esters is 1. The summed E-state index contributed by atoms with van der Waals surface area (Å²) in [5, 5.41) is 11.3. The lowest BCUT2D eigenvalue weighted by atomic mass is 9.96. The highest BCUT2D eigenvalue weighted by Crippen LogP contribution is 2.30. The summed E-state index contributed by atoms with van der Waals surface area (Å²) in [6, 6.07) is 10.2. The number of ether oxygens (including phenoxy) is 1. The summed E-state index contributed by atoms with van der Waals surface area (Å²) >= 11 is 3.34. The normalized spacial score (nSPS) is 15.3. The van der Waals surface area contributed by atoms with Gasteiger partial charge in [0.1, 0.15) is 23.2 Å². The molecule has 0 saturated heterocycles. The molecule has 0 spiro atoms. The van der Waals surface area contributed by atoms with Crippen LogP contribution in [0.4, 0.5) is 0 Å². The Bertz CT molecular complexity index is 1130. The van der Waals surface area contributed by atoms with Crippen molar-refractivity contribution in [2.45, 2.75) is 13.8 Å². The molecule has 2 aromatic rings. The molecule has 2 heterocycles. The van der Waals surface area contributed by atoms with Crippen molar-refractivity contribution in [2.24, 2.45) is 0 Å². The van der Waals surface area contributed by atoms with Crippen LogP contribution in [0.15, 0.2) is 55.9 Å². The molecule has 1 aliphatic rings. The van der Waals surface area contributed by atoms with E-state index >= 15 is 0 Å². The number of halogens is 1. The molecule has 0 fully saturated rings. The van der Waals surface area contributed by atoms with Crippen LogP contribution in [0.25, 0.3) is 17.4 Å². The lowest BCUT2D eigenvalue weighted by molar-refractivity contribution is -0.126. The molecule has 146 valence electrons. The Hall–Kier alpha value is -3.44. The predicted molar refractivity (Wildman–Crippen MR) is 107 cm³/mol. The average molecular weight is 455 g/mol. The van der Waals surface area contributed by atoms with E-state index in [1.165, 1.54) is 13.0 Å². The van der Waals surface area contributed by atoms with Crippen LogP contribution in [0.5, 0.6) is 0 Å². The molecule has 1 aromatic carbocycles. The standard InChI is InChI=1S/C21H15BrN2O5/c1-3-28-21(27)16-8-12(22)4-6-14(16)18-7-5-13(29-18)9-15-11(2)17(10-23)20(26)24-19(15)25/h4-9H,3H2,1-2H3,(H,24,25,26). The Balaban J connectivity index is 2.03. The molecule has 29 heavy (non-hydrogen) atoms. The molecule has 1 aliphatic heterocycles. The second-order valence-corrected chi connectivity index (χ2v) is 6.98. The van der Waals surface area contributed by atoms with E-state index in [0.29, 0.717) is 27.1 Å². The smallest absolute Gasteiger partial charge is 0.338 e. The van der Waals surface area contributed by atoms with Crippen molar-refractivity contribution in [3.63, 3.8) is 0 Å². The highest BCUT2D eigenvalue weighted by atomic mass is 79.9. The lowest BCUT2D eigenvalue weighted by Gasteiger charge is -2.15. The number of nitrogens with one attached hydrogen (secondary N) is 1. The number of nitrogens with zero attached hydrogens (tertiary/aromatic N) is 1. The quantitative estimate of drug-likeness (QED) is 0.427. The summed E-state index contributed by atoms with van der Waals surface area (Å²) in [7, 11) is 0. The van der Waals surface area contributed by atoms with E-state index in [1.54, 1.807) is 43.3 Å². The number of carbonyl (C=O) groups excluding carboxylic acids is 3. The highest BCUT2D eigenvalue weighted by Gasteiger charge is 2.28. The SMILES string of the molecule is CCOC(=O)c1cc(Br)ccc1-c1ccc(C=C2C(=O)NC(=O)C(C#N)=C2C)o1. The van der Waals surface area contributed by atoms with Gasteiger partial charge in [0.2, 0.25) is 0 Å². The number of furan rings is 1. The van der Waals surface area contributed by atoms with Gasteiger partial charge in [-0.1, -0.05) is 15.9 Å². The molecule has 8 heteroatoms. The Labute approximate surface area is 174 Å². The monoisotopic (exact) mass is 454 g/mol. The first-order valence-electron chi connectivity index (χ1n) is 8.61. The number of amides is 2. The third-order valence-corrected chi connectivity index (χ3v) is 4.74. The van der Waals surface area contributed by atoms with Gasteiger partial charge < -0.3 is 9.15 Å². The van der Waals surface area contributed by atoms with E-state index in [9.17, 15) is 14.4 Å². The summed E-state index contributed by atoms with van der Waals surface area (Å²) in [5.74, 6) is -1.08. The molecule has 0 bridgehead atoms. The van der Waals surface area contributed by atoms with Crippen LogP contribution in [0.2, 0.25) is 0 Å². The molecule has 3 rings (SSSR count). The fraction of sp³-hybridized carbons (Fsp3) is 0.143. The van der Waals surface area contributed by atoms with Crippen molar-refractivity contribution >= 4 is 39.8 Å². The maximum absolute atomic E-state index is 12.3. The van der Waals surface area contributed by atoms with Crippen molar-refractivity contribution in [2.75, 3.05) is 6.61 Å². The van der Waals surface area contributed by atoms with Crippen molar-refractivity contribution in [1.82, 2.24) is 5.32 Å². The highest BCUT2D eigenvalue weighted by molar-refractivity contribution is 9.10. The van der Waals surface area contributed by atoms with Gasteiger partial charge in [-0.05, 0) is 55.8 Å². The van der Waals surface area contributed by atoms with E-state index in [2.05, 4.69) is 21.2 Å². The summed E-state index contributed by atoms with van der Waals surface area (Å²) < 4.78 is 11.6. The van der Waals surface area contributed by atoms with Crippen molar-refractivity contribution in [3.05, 3.63) is 62.8 Å². The van der Waals surface area contributed by atoms with Gasteiger partial charge in [-0.2, -0.15) is 5.26 Å². The molecule has 0 unspecified atom stereocenters. The molecule has 0 atom stereocenters. The molecular formula is C21H15BrN2O5. The van der Waals surface area contributed by atoms with Crippen LogP contribution in [0.1, 0.15) is 30.0 Å². The Morgan fingerprint density at radius 3 is 2.72 bits per heavy atom. The Kier molecular flexibility index (Phi) is 5.80. The molecule has 1 N–H and O–H groups in total. The van der Waals surface area contributed by atoms with Gasteiger partial charge in [-0.25, -0.2) is 4.79 Å². The summed E-state index contributed by atoms with van der Waals surface area (Å²) in [6.45, 7) is 3.48. The minimum absolute atomic E-state index is 0.125. The van der Waals surface area contributed by atoms with Crippen LogP contribution in [-0.4, -0.2) is 24.4 Å². The van der Waals surface area contributed by atoms with Crippen LogP contribution < -0.4 is 5.32 Å². The second-order valence-electron chi connectivity index (χ2n) is 6.07. The summed E-state index contributed by atoms with van der Waals surface area (Å²) in [5.41, 5.74) is 1.17. The molecule has 1 aromatic heterocycles. The topological polar surface area (TPSA) is 109 Å². The Morgan fingerprint density at radius 2 is 2.03 bits per heavy atom. The summed E-state index contributed by atoms with van der Waals surface area (Å²) in [4.78, 5) is 36.1. The molecular weight excluding hydrogens is 440 g/mol. The van der Waals surface area contributed by atoms with Crippen molar-refractivity contribution < 1.29 is 23.5 Å². The van der Waals surface area contributed by atoms with E-state index in [-0.39, 0.29) is 23.3 Å². The number of hydrogen-bond acceptors (Lipinski definition) is 6. The number of imide groups is 1. The van der Waals surface area contributed by atoms with Crippen LogP contribution >= 0.6 is 15.9 Å². The number of benzene rings is 1. The lowest BCUT2D eigenvalue weighted by Crippen LogP contribution is -2.37. The Morgan fingerprint density at radius 1 is 1.28 bits per heavy atom. The van der Waals surface area contributed by atoms with Gasteiger partial charge >= 0.3 is 5.97 Å². The zero-order chi connectivity index (χ0) is 21.1. The fourth-order valence-corrected chi connectivity index (χ4v) is 3.20. The van der Waals surface area contributed by atoms with Crippen LogP contribution in [-0.2, 0) is 14.3 Å². The van der Waals surface area contributed by atoms with Gasteiger partial charge in [-0.3, -0.25) is 14.9 Å². The van der Waals surface area contributed by atoms with E-state index < -0.39 is 17.8 Å². The predicted octanol–water partition coefficient (Wildman–Crippen LogP) is 3.77. The summed E-state index contributed by atoms with van der Waals surface area (Å²) in [6.07, 6.45) is 1.45. The number of rotatable bonds is 4. The van der Waals surface area contributed by atoms with Crippen molar-refractivity contribution in [3.8, 4) is 17.4 Å². The van der Waals surface area contributed by atoms with Gasteiger partial charge in [-0.15, -0.1) is 0 Å². The minimum atomic E-state index is -0.721. The van der Waals surface area contributed by atoms with Gasteiger partial charge in [0, 0.05) is 15.6 Å². The average Bonchev–Trinajstić information content (AvgIpc) is 3.14. The zero-order valence-electron chi connectivity index (χ0n) is 15.5. The third kappa shape index (κ3) is 4.05. The first kappa shape index (κ1) is 20.3. The largest absolute Gasteiger partial charge is 0.462 e. The third-order valence-electron chi connectivity index (χ3n) is 4.25.